The first-order chi connectivity index (χ1) is 8.31. The first kappa shape index (κ1) is 17.7. The summed E-state index contributed by atoms with van der Waals surface area (Å²) >= 11 is 0. The van der Waals surface area contributed by atoms with Crippen LogP contribution < -0.4 is 10.6 Å². The molecule has 1 unspecified atom stereocenters. The molecular weight excluding hydrogens is 339 g/mol. The van der Waals surface area contributed by atoms with Gasteiger partial charge in [-0.2, -0.15) is 0 Å². The standard InChI is InChI=1S/C13H26N4.HI/c1-4-9-15-13(14-3)16-11-12-8-6-7-10-17(12)5-2;/h4,12H,1,5-11H2,2-3H3,(H2,14,15,16);1H. The smallest absolute Gasteiger partial charge is 0.191 e. The van der Waals surface area contributed by atoms with Gasteiger partial charge in [0, 0.05) is 26.2 Å². The van der Waals surface area contributed by atoms with E-state index in [0.29, 0.717) is 6.04 Å². The van der Waals surface area contributed by atoms with Crippen molar-refractivity contribution in [2.24, 2.45) is 4.99 Å². The molecule has 0 aromatic rings. The van der Waals surface area contributed by atoms with E-state index >= 15 is 0 Å². The Hall–Kier alpha value is -0.300. The molecule has 106 valence electrons. The quantitative estimate of drug-likeness (QED) is 0.338. The first-order valence-corrected chi connectivity index (χ1v) is 6.61. The summed E-state index contributed by atoms with van der Waals surface area (Å²) in [5.41, 5.74) is 0. The Labute approximate surface area is 128 Å². The fourth-order valence-electron chi connectivity index (χ4n) is 2.31. The minimum atomic E-state index is 0. The summed E-state index contributed by atoms with van der Waals surface area (Å²) < 4.78 is 0. The zero-order valence-electron chi connectivity index (χ0n) is 11.6. The number of likely N-dealkylation sites (tertiary alicyclic amines) is 1. The van der Waals surface area contributed by atoms with Crippen LogP contribution in [0.3, 0.4) is 0 Å². The number of piperidine rings is 1. The van der Waals surface area contributed by atoms with Crippen LogP contribution in [0.2, 0.25) is 0 Å². The fraction of sp³-hybridized carbons (Fsp3) is 0.769. The van der Waals surface area contributed by atoms with Crippen LogP contribution in [0, 0.1) is 0 Å². The van der Waals surface area contributed by atoms with Crippen molar-refractivity contribution in [2.45, 2.75) is 32.2 Å². The number of nitrogens with one attached hydrogen (secondary N) is 2. The second-order valence-electron chi connectivity index (χ2n) is 4.40. The van der Waals surface area contributed by atoms with E-state index in [1.165, 1.54) is 25.8 Å². The second kappa shape index (κ2) is 10.6. The second-order valence-corrected chi connectivity index (χ2v) is 4.40. The van der Waals surface area contributed by atoms with E-state index in [-0.39, 0.29) is 24.0 Å². The number of halogens is 1. The Morgan fingerprint density at radius 1 is 1.44 bits per heavy atom. The number of rotatable bonds is 5. The fourth-order valence-corrected chi connectivity index (χ4v) is 2.31. The van der Waals surface area contributed by atoms with E-state index in [4.69, 9.17) is 0 Å². The summed E-state index contributed by atoms with van der Waals surface area (Å²) in [6.45, 7) is 10.0. The Balaban J connectivity index is 0.00000289. The van der Waals surface area contributed by atoms with E-state index in [9.17, 15) is 0 Å². The van der Waals surface area contributed by atoms with Gasteiger partial charge in [0.25, 0.3) is 0 Å². The van der Waals surface area contributed by atoms with Gasteiger partial charge in [0.15, 0.2) is 5.96 Å². The van der Waals surface area contributed by atoms with Crippen LogP contribution in [0.25, 0.3) is 0 Å². The zero-order chi connectivity index (χ0) is 12.5. The predicted octanol–water partition coefficient (Wildman–Crippen LogP) is 1.83. The molecule has 2 N–H and O–H groups in total. The summed E-state index contributed by atoms with van der Waals surface area (Å²) in [5.74, 6) is 0.867. The van der Waals surface area contributed by atoms with Crippen molar-refractivity contribution in [3.05, 3.63) is 12.7 Å². The van der Waals surface area contributed by atoms with E-state index in [0.717, 1.165) is 25.6 Å². The summed E-state index contributed by atoms with van der Waals surface area (Å²) in [6.07, 6.45) is 5.82. The van der Waals surface area contributed by atoms with Gasteiger partial charge in [0.05, 0.1) is 0 Å². The number of guanidine groups is 1. The van der Waals surface area contributed by atoms with Gasteiger partial charge in [0.1, 0.15) is 0 Å². The molecule has 1 aliphatic rings. The van der Waals surface area contributed by atoms with Crippen LogP contribution in [-0.2, 0) is 0 Å². The zero-order valence-corrected chi connectivity index (χ0v) is 13.9. The molecule has 0 amide bonds. The molecule has 1 rings (SSSR count). The maximum atomic E-state index is 4.19. The molecule has 1 aliphatic heterocycles. The molecule has 5 heteroatoms. The topological polar surface area (TPSA) is 39.7 Å². The Morgan fingerprint density at radius 2 is 2.22 bits per heavy atom. The van der Waals surface area contributed by atoms with Crippen LogP contribution in [0.1, 0.15) is 26.2 Å². The maximum absolute atomic E-state index is 4.19. The highest BCUT2D eigenvalue weighted by Crippen LogP contribution is 2.15. The van der Waals surface area contributed by atoms with Crippen molar-refractivity contribution in [3.8, 4) is 0 Å². The lowest BCUT2D eigenvalue weighted by Gasteiger charge is -2.35. The average molecular weight is 366 g/mol. The van der Waals surface area contributed by atoms with E-state index in [1.807, 2.05) is 6.08 Å². The van der Waals surface area contributed by atoms with Gasteiger partial charge < -0.3 is 10.6 Å². The van der Waals surface area contributed by atoms with E-state index in [1.54, 1.807) is 7.05 Å². The van der Waals surface area contributed by atoms with Gasteiger partial charge in [0.2, 0.25) is 0 Å². The lowest BCUT2D eigenvalue weighted by atomic mass is 10.0. The lowest BCUT2D eigenvalue weighted by molar-refractivity contribution is 0.157. The van der Waals surface area contributed by atoms with Crippen molar-refractivity contribution >= 4 is 29.9 Å². The maximum Gasteiger partial charge on any atom is 0.191 e. The van der Waals surface area contributed by atoms with Crippen LogP contribution in [0.15, 0.2) is 17.6 Å². The highest BCUT2D eigenvalue weighted by Gasteiger charge is 2.20. The van der Waals surface area contributed by atoms with Gasteiger partial charge in [-0.25, -0.2) is 0 Å². The molecule has 1 atom stereocenters. The monoisotopic (exact) mass is 366 g/mol. The molecule has 0 saturated carbocycles. The van der Waals surface area contributed by atoms with Crippen LogP contribution >= 0.6 is 24.0 Å². The minimum absolute atomic E-state index is 0. The molecule has 0 spiro atoms. The summed E-state index contributed by atoms with van der Waals surface area (Å²) in [5, 5.41) is 6.58. The Kier molecular flexibility index (Phi) is 10.4. The van der Waals surface area contributed by atoms with Crippen molar-refractivity contribution in [1.82, 2.24) is 15.5 Å². The molecule has 0 aliphatic carbocycles. The highest BCUT2D eigenvalue weighted by atomic mass is 127. The summed E-state index contributed by atoms with van der Waals surface area (Å²) in [4.78, 5) is 6.74. The molecule has 0 aromatic carbocycles. The number of nitrogens with zero attached hydrogens (tertiary/aromatic N) is 2. The molecule has 1 fully saturated rings. The molecule has 0 bridgehead atoms. The molecular formula is C13H27IN4. The largest absolute Gasteiger partial charge is 0.355 e. The molecule has 1 heterocycles. The van der Waals surface area contributed by atoms with Gasteiger partial charge in [-0.3, -0.25) is 9.89 Å². The van der Waals surface area contributed by atoms with Crippen molar-refractivity contribution < 1.29 is 0 Å². The van der Waals surface area contributed by atoms with E-state index < -0.39 is 0 Å². The summed E-state index contributed by atoms with van der Waals surface area (Å²) in [7, 11) is 1.80. The number of likely N-dealkylation sites (N-methyl/N-ethyl adjacent to an activating group) is 1. The third kappa shape index (κ3) is 6.04. The predicted molar refractivity (Wildman–Crippen MR) is 89.9 cm³/mol. The van der Waals surface area contributed by atoms with Crippen LogP contribution in [0.4, 0.5) is 0 Å². The number of aliphatic imine (C=N–C) groups is 1. The van der Waals surface area contributed by atoms with Crippen LogP contribution in [0.5, 0.6) is 0 Å². The van der Waals surface area contributed by atoms with Gasteiger partial charge >= 0.3 is 0 Å². The molecule has 0 radical (unpaired) electrons. The lowest BCUT2D eigenvalue weighted by Crippen LogP contribution is -2.49. The number of hydrogen-bond donors (Lipinski definition) is 2. The first-order valence-electron chi connectivity index (χ1n) is 6.61. The molecule has 18 heavy (non-hydrogen) atoms. The minimum Gasteiger partial charge on any atom is -0.355 e. The molecule has 0 aromatic heterocycles. The SMILES string of the molecule is C=CCNC(=NC)NCC1CCCCN1CC.I. The van der Waals surface area contributed by atoms with Gasteiger partial charge in [-0.15, -0.1) is 30.6 Å². The van der Waals surface area contributed by atoms with E-state index in [2.05, 4.69) is 34.0 Å². The van der Waals surface area contributed by atoms with Crippen molar-refractivity contribution in [3.63, 3.8) is 0 Å². The van der Waals surface area contributed by atoms with Gasteiger partial charge in [-0.1, -0.05) is 19.4 Å². The van der Waals surface area contributed by atoms with Crippen LogP contribution in [-0.4, -0.2) is 50.1 Å². The third-order valence-corrected chi connectivity index (χ3v) is 3.30. The average Bonchev–Trinajstić information content (AvgIpc) is 2.39. The van der Waals surface area contributed by atoms with Gasteiger partial charge in [-0.05, 0) is 25.9 Å². The normalized spacial score (nSPS) is 21.0. The summed E-state index contributed by atoms with van der Waals surface area (Å²) in [6, 6.07) is 0.649. The van der Waals surface area contributed by atoms with Crippen molar-refractivity contribution in [2.75, 3.05) is 33.2 Å². The number of hydrogen-bond acceptors (Lipinski definition) is 2. The highest BCUT2D eigenvalue weighted by molar-refractivity contribution is 14.0. The Bertz CT molecular complexity index is 255. The third-order valence-electron chi connectivity index (χ3n) is 3.30. The molecule has 4 nitrogen and oxygen atoms in total. The Morgan fingerprint density at radius 3 is 2.83 bits per heavy atom. The van der Waals surface area contributed by atoms with Crippen molar-refractivity contribution in [1.29, 1.82) is 0 Å². The molecule has 1 saturated heterocycles.